The van der Waals surface area contributed by atoms with Crippen LogP contribution in [0.1, 0.15) is 5.56 Å². The molecule has 1 aromatic heterocycles. The molecule has 0 aliphatic carbocycles. The topological polar surface area (TPSA) is 237 Å². The molecule has 1 aliphatic rings. The van der Waals surface area contributed by atoms with Crippen LogP contribution in [0.5, 0.6) is 34.5 Å². The summed E-state index contributed by atoms with van der Waals surface area (Å²) in [5.74, 6) is -3.99. The number of rotatable bonds is 7. The third kappa shape index (κ3) is 6.09. The largest absolute Gasteiger partial charge is 0.508 e. The Bertz CT molecular complexity index is 1780. The van der Waals surface area contributed by atoms with Crippen molar-refractivity contribution in [3.8, 4) is 45.8 Å². The van der Waals surface area contributed by atoms with Crippen molar-refractivity contribution in [3.63, 3.8) is 0 Å². The predicted octanol–water partition coefficient (Wildman–Crippen LogP) is 1.43. The fraction of sp³-hybridized carbons (Fsp3) is 0.200. The highest BCUT2D eigenvalue weighted by Crippen LogP contribution is 2.39. The molecule has 44 heavy (non-hydrogen) atoms. The van der Waals surface area contributed by atoms with E-state index in [-0.39, 0.29) is 28.0 Å². The maximum atomic E-state index is 12.7. The Hall–Kier alpha value is -5.28. The van der Waals surface area contributed by atoms with Gasteiger partial charge in [-0.05, 0) is 42.0 Å². The summed E-state index contributed by atoms with van der Waals surface area (Å²) in [4.78, 5) is 24.9. The zero-order valence-corrected chi connectivity index (χ0v) is 22.5. The van der Waals surface area contributed by atoms with Crippen molar-refractivity contribution in [3.05, 3.63) is 76.5 Å². The Kier molecular flexibility index (Phi) is 8.33. The number of hydrogen-bond donors (Lipinski definition) is 8. The van der Waals surface area contributed by atoms with Crippen LogP contribution in [0.2, 0.25) is 0 Å². The number of phenolic OH excluding ortho intramolecular Hbond substituents is 4. The fourth-order valence-corrected chi connectivity index (χ4v) is 4.46. The second-order valence-corrected chi connectivity index (χ2v) is 9.82. The summed E-state index contributed by atoms with van der Waals surface area (Å²) < 4.78 is 21.8. The van der Waals surface area contributed by atoms with E-state index in [9.17, 15) is 50.4 Å². The van der Waals surface area contributed by atoms with Crippen molar-refractivity contribution in [2.45, 2.75) is 30.7 Å². The van der Waals surface area contributed by atoms with Crippen molar-refractivity contribution < 1.29 is 64.3 Å². The lowest BCUT2D eigenvalue weighted by Crippen LogP contribution is -2.60. The van der Waals surface area contributed by atoms with Gasteiger partial charge in [0.2, 0.25) is 17.5 Å². The highest BCUT2D eigenvalue weighted by Gasteiger charge is 2.45. The maximum absolute atomic E-state index is 12.7. The van der Waals surface area contributed by atoms with Gasteiger partial charge in [0.15, 0.2) is 17.3 Å². The Balaban J connectivity index is 1.34. The number of ether oxygens (including phenoxy) is 3. The molecule has 0 amide bonds. The minimum absolute atomic E-state index is 0.0195. The summed E-state index contributed by atoms with van der Waals surface area (Å²) in [7, 11) is 0. The molecule has 8 N–H and O–H groups in total. The van der Waals surface area contributed by atoms with Crippen LogP contribution in [0, 0.1) is 0 Å². The van der Waals surface area contributed by atoms with E-state index in [4.69, 9.17) is 18.6 Å². The number of benzene rings is 3. The van der Waals surface area contributed by atoms with Crippen LogP contribution in [0.4, 0.5) is 0 Å². The molecule has 230 valence electrons. The van der Waals surface area contributed by atoms with E-state index < -0.39 is 77.5 Å². The van der Waals surface area contributed by atoms with Crippen molar-refractivity contribution in [2.24, 2.45) is 0 Å². The van der Waals surface area contributed by atoms with Crippen LogP contribution >= 0.6 is 0 Å². The minimum Gasteiger partial charge on any atom is -0.508 e. The fourth-order valence-electron chi connectivity index (χ4n) is 4.46. The lowest BCUT2D eigenvalue weighted by Gasteiger charge is -2.39. The van der Waals surface area contributed by atoms with E-state index in [0.717, 1.165) is 30.3 Å². The maximum Gasteiger partial charge on any atom is 0.330 e. The van der Waals surface area contributed by atoms with Gasteiger partial charge < -0.3 is 59.5 Å². The molecule has 1 fully saturated rings. The van der Waals surface area contributed by atoms with E-state index in [0.29, 0.717) is 5.56 Å². The van der Waals surface area contributed by atoms with Crippen molar-refractivity contribution in [1.82, 2.24) is 0 Å². The lowest BCUT2D eigenvalue weighted by atomic mass is 9.99. The highest BCUT2D eigenvalue weighted by molar-refractivity contribution is 5.88. The van der Waals surface area contributed by atoms with Gasteiger partial charge >= 0.3 is 5.97 Å². The molecule has 1 saturated heterocycles. The summed E-state index contributed by atoms with van der Waals surface area (Å²) in [5, 5.41) is 81.0. The molecule has 14 heteroatoms. The number of carbonyl (C=O) groups excluding carboxylic acids is 1. The molecule has 0 bridgehead atoms. The summed E-state index contributed by atoms with van der Waals surface area (Å²) in [6, 6.07) is 11.4. The van der Waals surface area contributed by atoms with Gasteiger partial charge in [-0.15, -0.1) is 0 Å². The Morgan fingerprint density at radius 2 is 1.57 bits per heavy atom. The Morgan fingerprint density at radius 1 is 0.841 bits per heavy atom. The molecule has 1 aliphatic heterocycles. The van der Waals surface area contributed by atoms with Crippen molar-refractivity contribution >= 4 is 23.0 Å². The average molecular weight is 611 g/mol. The number of hydrogen-bond acceptors (Lipinski definition) is 14. The predicted molar refractivity (Wildman–Crippen MR) is 150 cm³/mol. The van der Waals surface area contributed by atoms with Crippen LogP contribution < -0.4 is 10.2 Å². The monoisotopic (exact) mass is 610 g/mol. The number of esters is 1. The first kappa shape index (κ1) is 30.2. The first-order valence-electron chi connectivity index (χ1n) is 13.0. The molecule has 3 aromatic carbocycles. The van der Waals surface area contributed by atoms with Crippen LogP contribution in [0.3, 0.4) is 0 Å². The SMILES string of the molecule is O=C(C=Cc1ccc(O)cc1)OCC1OC(Oc2cc(-c3oc4cc(O)cc(O)c4c(=O)c3O)ccc2O)C(O)C(O)C1O. The number of aliphatic hydroxyl groups is 3. The number of aliphatic hydroxyl groups excluding tert-OH is 3. The van der Waals surface area contributed by atoms with Crippen LogP contribution in [0.15, 0.2) is 69.9 Å². The summed E-state index contributed by atoms with van der Waals surface area (Å²) in [5.41, 5.74) is -0.689. The van der Waals surface area contributed by atoms with E-state index in [2.05, 4.69) is 0 Å². The van der Waals surface area contributed by atoms with Gasteiger partial charge in [0.05, 0.1) is 0 Å². The molecule has 5 atom stereocenters. The van der Waals surface area contributed by atoms with Crippen LogP contribution in [-0.4, -0.2) is 84.1 Å². The van der Waals surface area contributed by atoms with Gasteiger partial charge in [0, 0.05) is 23.8 Å². The zero-order chi connectivity index (χ0) is 31.7. The molecular formula is C30H26O14. The molecule has 5 unspecified atom stereocenters. The smallest absolute Gasteiger partial charge is 0.330 e. The molecular weight excluding hydrogens is 584 g/mol. The summed E-state index contributed by atoms with van der Waals surface area (Å²) >= 11 is 0. The number of carbonyl (C=O) groups is 1. The quantitative estimate of drug-likeness (QED) is 0.109. The van der Waals surface area contributed by atoms with Crippen molar-refractivity contribution in [2.75, 3.05) is 6.61 Å². The number of aromatic hydroxyl groups is 5. The van der Waals surface area contributed by atoms with Gasteiger partial charge in [0.25, 0.3) is 0 Å². The Morgan fingerprint density at radius 3 is 2.30 bits per heavy atom. The molecule has 0 spiro atoms. The van der Waals surface area contributed by atoms with E-state index in [1.165, 1.54) is 24.3 Å². The molecule has 4 aromatic rings. The molecule has 2 heterocycles. The second kappa shape index (κ2) is 12.1. The van der Waals surface area contributed by atoms with E-state index in [1.807, 2.05) is 0 Å². The lowest BCUT2D eigenvalue weighted by molar-refractivity contribution is -0.278. The third-order valence-corrected chi connectivity index (χ3v) is 6.76. The molecule has 0 saturated carbocycles. The first-order valence-corrected chi connectivity index (χ1v) is 13.0. The molecule has 0 radical (unpaired) electrons. The summed E-state index contributed by atoms with van der Waals surface area (Å²) in [6.45, 7) is -0.564. The van der Waals surface area contributed by atoms with Gasteiger partial charge in [-0.3, -0.25) is 4.79 Å². The van der Waals surface area contributed by atoms with Crippen molar-refractivity contribution in [1.29, 1.82) is 0 Å². The minimum atomic E-state index is -1.84. The van der Waals surface area contributed by atoms with Gasteiger partial charge in [-0.1, -0.05) is 12.1 Å². The number of fused-ring (bicyclic) bond motifs is 1. The van der Waals surface area contributed by atoms with E-state index in [1.54, 1.807) is 12.1 Å². The second-order valence-electron chi connectivity index (χ2n) is 9.82. The normalized spacial score (nSPS) is 21.8. The Labute approximate surface area is 247 Å². The van der Waals surface area contributed by atoms with Gasteiger partial charge in [0.1, 0.15) is 59.2 Å². The average Bonchev–Trinajstić information content (AvgIpc) is 2.99. The number of phenols is 4. The van der Waals surface area contributed by atoms with E-state index >= 15 is 0 Å². The first-order chi connectivity index (χ1) is 20.9. The van der Waals surface area contributed by atoms with Crippen LogP contribution in [0.25, 0.3) is 28.4 Å². The molecule has 14 nitrogen and oxygen atoms in total. The van der Waals surface area contributed by atoms with Gasteiger partial charge in [-0.2, -0.15) is 0 Å². The third-order valence-electron chi connectivity index (χ3n) is 6.76. The van der Waals surface area contributed by atoms with Gasteiger partial charge in [-0.25, -0.2) is 4.79 Å². The zero-order valence-electron chi connectivity index (χ0n) is 22.5. The summed E-state index contributed by atoms with van der Waals surface area (Å²) in [6.07, 6.45) is -5.94. The van der Waals surface area contributed by atoms with Crippen LogP contribution in [-0.2, 0) is 14.3 Å². The standard InChI is InChI=1S/C30H26O14/c31-15-5-1-13(2-6-15)3-8-22(35)41-12-21-24(36)26(38)28(40)30(44-21)43-19-9-14(4-7-17(19)33)29-27(39)25(37)23-18(34)10-16(32)11-20(23)42-29/h1-11,21,24,26,28,30-34,36,38-40H,12H2. The highest BCUT2D eigenvalue weighted by atomic mass is 16.7. The molecule has 5 rings (SSSR count).